The Hall–Kier alpha value is -17.7. The van der Waals surface area contributed by atoms with Gasteiger partial charge in [0.25, 0.3) is 41.4 Å². The van der Waals surface area contributed by atoms with Crippen LogP contribution in [0, 0.1) is 22.7 Å². The van der Waals surface area contributed by atoms with Crippen molar-refractivity contribution in [2.75, 3.05) is 111 Å². The van der Waals surface area contributed by atoms with Gasteiger partial charge in [0.15, 0.2) is 46.0 Å². The molecule has 0 radical (unpaired) electrons. The van der Waals surface area contributed by atoms with Crippen molar-refractivity contribution in [1.29, 1.82) is 10.5 Å². The first-order valence-corrected chi connectivity index (χ1v) is 39.5. The molecule has 632 valence electrons. The molecule has 7 amide bonds. The minimum Gasteiger partial charge on any atom is -0.382 e. The van der Waals surface area contributed by atoms with Gasteiger partial charge in [-0.3, -0.25) is 59.6 Å². The molecule has 0 aliphatic carbocycles. The molecular formula is C88H78N32O7. The van der Waals surface area contributed by atoms with Gasteiger partial charge in [-0.2, -0.15) is 15.6 Å². The van der Waals surface area contributed by atoms with E-state index in [0.29, 0.717) is 92.8 Å². The van der Waals surface area contributed by atoms with Crippen LogP contribution in [0.2, 0.25) is 0 Å². The number of nitrogens with zero attached hydrogens (tertiary/aromatic N) is 18. The van der Waals surface area contributed by atoms with E-state index in [-0.39, 0.29) is 86.9 Å². The van der Waals surface area contributed by atoms with Gasteiger partial charge in [0.05, 0.1) is 110 Å². The van der Waals surface area contributed by atoms with E-state index in [1.54, 1.807) is 110 Å². The molecule has 0 unspecified atom stereocenters. The van der Waals surface area contributed by atoms with Crippen molar-refractivity contribution in [3.05, 3.63) is 258 Å². The molecular weight excluding hydrogens is 1620 g/mol. The summed E-state index contributed by atoms with van der Waals surface area (Å²) in [7, 11) is 3.38. The van der Waals surface area contributed by atoms with Crippen LogP contribution in [0.3, 0.4) is 0 Å². The zero-order valence-corrected chi connectivity index (χ0v) is 67.9. The van der Waals surface area contributed by atoms with Crippen LogP contribution in [-0.2, 0) is 0 Å². The van der Waals surface area contributed by atoms with Gasteiger partial charge in [0, 0.05) is 116 Å². The number of nitrogens with two attached hydrogens (primary N) is 4. The van der Waals surface area contributed by atoms with Crippen molar-refractivity contribution in [3.8, 4) is 57.2 Å². The average Bonchev–Trinajstić information content (AvgIpc) is 1.37. The minimum atomic E-state index is -0.596. The Morgan fingerprint density at radius 1 is 0.409 bits per heavy atom. The number of hydrogen-bond acceptors (Lipinski definition) is 28. The number of nitriles is 2. The molecule has 39 nitrogen and oxygen atoms in total. The van der Waals surface area contributed by atoms with Crippen LogP contribution in [0.5, 0.6) is 0 Å². The molecule has 2 fully saturated rings. The molecule has 0 atom stereocenters. The second-order valence-corrected chi connectivity index (χ2v) is 28.8. The SMILES string of the molecule is CN(C)C(=O)c1ccc(-c2cnc(N)c(C(=O)Nc3nc4ccccc4[nH]3)n2)cc1.N#Cc1cc(C(=O)N2CCCNCC2)ccc1-c1cnc(N)c(C(=O)Nc2nc3ccccc3[nH]2)n1.N#Cc1cnccc1-c1cnc(N)c(C(=O)Nc2nc3ccccc3[nH]2)n1.Nc1ncc(-c2ccc(C(=O)N3CCCNCC3)cc2)nc1C(=O)Nc1ccc2cn[nH]c2c1. The first kappa shape index (κ1) is 84.3. The highest BCUT2D eigenvalue weighted by Crippen LogP contribution is 2.30. The van der Waals surface area contributed by atoms with Crippen LogP contribution in [0.4, 0.5) is 46.8 Å². The van der Waals surface area contributed by atoms with Gasteiger partial charge in [-0.1, -0.05) is 66.7 Å². The van der Waals surface area contributed by atoms with E-state index in [2.05, 4.69) is 123 Å². The molecule has 18 N–H and O–H groups in total. The van der Waals surface area contributed by atoms with E-state index >= 15 is 0 Å². The number of benzene rings is 7. The molecule has 39 heteroatoms. The number of H-pyrrole nitrogens is 4. The van der Waals surface area contributed by atoms with Gasteiger partial charge in [0.2, 0.25) is 17.8 Å². The number of hydrogen-bond donors (Lipinski definition) is 14. The molecule has 16 aromatic rings. The van der Waals surface area contributed by atoms with Crippen molar-refractivity contribution >= 4 is 132 Å². The molecule has 11 heterocycles. The van der Waals surface area contributed by atoms with Crippen molar-refractivity contribution in [1.82, 2.24) is 110 Å². The summed E-state index contributed by atoms with van der Waals surface area (Å²) in [4.78, 5) is 154. The molecule has 127 heavy (non-hydrogen) atoms. The number of rotatable bonds is 15. The van der Waals surface area contributed by atoms with E-state index in [4.69, 9.17) is 22.9 Å². The zero-order valence-electron chi connectivity index (χ0n) is 67.9. The van der Waals surface area contributed by atoms with E-state index in [9.17, 15) is 44.1 Å². The topological polar surface area (TPSA) is 584 Å². The Morgan fingerprint density at radius 2 is 0.827 bits per heavy atom. The average molecular weight is 1700 g/mol. The molecule has 9 aromatic heterocycles. The van der Waals surface area contributed by atoms with Crippen LogP contribution < -0.4 is 54.8 Å². The Balaban J connectivity index is 0.000000131. The molecule has 2 aliphatic heterocycles. The van der Waals surface area contributed by atoms with Crippen LogP contribution in [0.25, 0.3) is 89.0 Å². The number of nitrogen functional groups attached to an aromatic ring is 4. The van der Waals surface area contributed by atoms with Crippen LogP contribution in [0.15, 0.2) is 207 Å². The van der Waals surface area contributed by atoms with Gasteiger partial charge < -0.3 is 68.5 Å². The second kappa shape index (κ2) is 38.3. The van der Waals surface area contributed by atoms with Crippen LogP contribution in [-0.4, -0.2) is 207 Å². The number of pyridine rings is 1. The summed E-state index contributed by atoms with van der Waals surface area (Å²) in [6, 6.07) is 52.2. The summed E-state index contributed by atoms with van der Waals surface area (Å²) < 4.78 is 0. The van der Waals surface area contributed by atoms with E-state index in [1.165, 1.54) is 42.1 Å². The van der Waals surface area contributed by atoms with Crippen molar-refractivity contribution in [2.24, 2.45) is 0 Å². The second-order valence-electron chi connectivity index (χ2n) is 28.8. The molecule has 7 aromatic carbocycles. The molecule has 2 aliphatic rings. The van der Waals surface area contributed by atoms with Crippen molar-refractivity contribution in [3.63, 3.8) is 0 Å². The van der Waals surface area contributed by atoms with Crippen LogP contribution in [0.1, 0.15) is 97.0 Å². The fraction of sp³-hybridized carbons (Fsp3) is 0.136. The summed E-state index contributed by atoms with van der Waals surface area (Å²) in [5, 5.41) is 44.1. The number of anilines is 8. The fourth-order valence-electron chi connectivity index (χ4n) is 13.5. The van der Waals surface area contributed by atoms with E-state index < -0.39 is 23.6 Å². The number of carbonyl (C=O) groups is 7. The summed E-state index contributed by atoms with van der Waals surface area (Å²) in [5.74, 6) is -1.61. The Morgan fingerprint density at radius 3 is 1.28 bits per heavy atom. The number of fused-ring (bicyclic) bond motifs is 4. The normalized spacial score (nSPS) is 12.4. The zero-order chi connectivity index (χ0) is 88.6. The predicted octanol–water partition coefficient (Wildman–Crippen LogP) is 9.13. The predicted molar refractivity (Wildman–Crippen MR) is 476 cm³/mol. The maximum absolute atomic E-state index is 13.0. The van der Waals surface area contributed by atoms with E-state index in [1.807, 2.05) is 89.8 Å². The number of aromatic amines is 4. The lowest BCUT2D eigenvalue weighted by molar-refractivity contribution is 0.0759. The van der Waals surface area contributed by atoms with Crippen molar-refractivity contribution in [2.45, 2.75) is 12.8 Å². The van der Waals surface area contributed by atoms with Crippen LogP contribution >= 0.6 is 0 Å². The molecule has 0 bridgehead atoms. The molecule has 18 rings (SSSR count). The van der Waals surface area contributed by atoms with Gasteiger partial charge in [-0.15, -0.1) is 0 Å². The number of aromatic nitrogens is 17. The summed E-state index contributed by atoms with van der Waals surface area (Å²) in [6.45, 7) is 6.01. The third-order valence-corrected chi connectivity index (χ3v) is 20.0. The first-order valence-electron chi connectivity index (χ1n) is 39.5. The Bertz CT molecular complexity index is 6840. The number of imidazole rings is 3. The standard InChI is InChI=1S/C25H23N9O2.C24H24N8O2.C21H19N7O2.C18H12N8O/c26-13-16-12-15(24(36)34-10-3-8-28-9-11-34)6-7-17(16)20-14-29-22(27)21(30-20)23(35)33-25-31-18-4-1-2-5-19(18)32-25;25-22-21(23(33)29-18-7-6-17-13-28-31-19(17)12-18)30-20(14-27-22)15-2-4-16(5-3-15)24(34)32-10-1-8-26-9-11-32;1-28(2)20(30)13-9-7-12(8-10-13)16-11-23-18(22)17(24-16)19(29)27-21-25-14-5-3-4-6-15(14)26-21;19-7-10-8-21-6-5-11(10)14-9-22-16(20)15(23-14)17(27)26-18-24-12-3-1-2-4-13(12)25-18/h1-2,4-7,12,14,28H,3,8-11H2,(H2,27,29)(H2,31,32,33,35);2-7,12-14,26H,1,8-11H2,(H2,25,27)(H,28,31)(H,29,33);3-11H,1-2H3,(H2,22,23)(H2,25,26,27,29);1-6,8-9H,(H2,20,22)(H2,24,25,26,27). The quantitative estimate of drug-likeness (QED) is 0.0454. The summed E-state index contributed by atoms with van der Waals surface area (Å²) >= 11 is 0. The lowest BCUT2D eigenvalue weighted by atomic mass is 10.0. The number of carbonyl (C=O) groups excluding carboxylic acids is 7. The third-order valence-electron chi connectivity index (χ3n) is 20.0. The minimum absolute atomic E-state index is 0.00627. The Kier molecular flexibility index (Phi) is 25.5. The lowest BCUT2D eigenvalue weighted by Crippen LogP contribution is -2.34. The Labute approximate surface area is 721 Å². The fourth-order valence-corrected chi connectivity index (χ4v) is 13.5. The van der Waals surface area contributed by atoms with Gasteiger partial charge in [0.1, 0.15) is 6.07 Å². The number of amides is 7. The number of nitrogens with one attached hydrogen (secondary N) is 10. The highest BCUT2D eigenvalue weighted by molar-refractivity contribution is 6.09. The third kappa shape index (κ3) is 19.8. The van der Waals surface area contributed by atoms with Crippen molar-refractivity contribution < 1.29 is 33.6 Å². The maximum atomic E-state index is 13.0. The highest BCUT2D eigenvalue weighted by atomic mass is 16.2. The lowest BCUT2D eigenvalue weighted by Gasteiger charge is -2.20. The molecule has 0 saturated carbocycles. The largest absolute Gasteiger partial charge is 0.382 e. The molecule has 2 saturated heterocycles. The molecule has 0 spiro atoms. The smallest absolute Gasteiger partial charge is 0.280 e. The van der Waals surface area contributed by atoms with Gasteiger partial charge >= 0.3 is 0 Å². The monoisotopic (exact) mass is 1690 g/mol. The maximum Gasteiger partial charge on any atom is 0.280 e. The van der Waals surface area contributed by atoms with Gasteiger partial charge in [-0.25, -0.2) is 54.8 Å². The summed E-state index contributed by atoms with van der Waals surface area (Å²) in [6.07, 6.45) is 12.3. The summed E-state index contributed by atoms with van der Waals surface area (Å²) in [5.41, 5.74) is 35.5. The first-order chi connectivity index (χ1) is 61.7. The highest BCUT2D eigenvalue weighted by Gasteiger charge is 2.26. The van der Waals surface area contributed by atoms with E-state index in [0.717, 1.165) is 89.6 Å². The van der Waals surface area contributed by atoms with Gasteiger partial charge in [-0.05, 0) is 123 Å². The number of para-hydroxylation sites is 6.